The van der Waals surface area contributed by atoms with Crippen molar-refractivity contribution in [3.63, 3.8) is 0 Å². The quantitative estimate of drug-likeness (QED) is 0.714. The fourth-order valence-corrected chi connectivity index (χ4v) is 5.28. The van der Waals surface area contributed by atoms with Gasteiger partial charge in [0.2, 0.25) is 0 Å². The molecular weight excluding hydrogens is 268 g/mol. The second-order valence-electron chi connectivity index (χ2n) is 7.99. The van der Waals surface area contributed by atoms with Crippen LogP contribution in [0.5, 0.6) is 0 Å². The molecule has 1 saturated carbocycles. The fourth-order valence-electron chi connectivity index (χ4n) is 5.28. The SMILES string of the molecule is C[C@H]1c2nc3c(cc2[C@H]2C[C@@H]1C2(C)C)CCc1cccnc1-3. The van der Waals surface area contributed by atoms with Gasteiger partial charge >= 0.3 is 0 Å². The van der Waals surface area contributed by atoms with Crippen LogP contribution in [0.15, 0.2) is 24.4 Å². The van der Waals surface area contributed by atoms with Crippen molar-refractivity contribution in [1.29, 1.82) is 0 Å². The lowest BCUT2D eigenvalue weighted by atomic mass is 9.45. The minimum Gasteiger partial charge on any atom is -0.254 e. The van der Waals surface area contributed by atoms with Crippen molar-refractivity contribution in [3.05, 3.63) is 46.8 Å². The molecule has 0 unspecified atom stereocenters. The Kier molecular flexibility index (Phi) is 2.32. The molecule has 0 N–H and O–H groups in total. The van der Waals surface area contributed by atoms with E-state index in [4.69, 9.17) is 4.98 Å². The standard InChI is InChI=1S/C20H22N2/c1-11-15-10-16(20(15,2)3)14-9-13-7-6-12-5-4-8-21-18(12)19(13)22-17(11)14/h4-5,8-9,11,15-16H,6-7,10H2,1-3H3/t11-,15+,16-/m1/s1. The first kappa shape index (κ1) is 12.8. The summed E-state index contributed by atoms with van der Waals surface area (Å²) in [4.78, 5) is 9.79. The third-order valence-corrected chi connectivity index (χ3v) is 6.69. The molecule has 3 atom stereocenters. The van der Waals surface area contributed by atoms with E-state index < -0.39 is 0 Å². The molecule has 2 aromatic heterocycles. The van der Waals surface area contributed by atoms with Crippen LogP contribution in [-0.4, -0.2) is 9.97 Å². The number of aromatic nitrogens is 2. The minimum absolute atomic E-state index is 0.452. The second kappa shape index (κ2) is 3.98. The lowest BCUT2D eigenvalue weighted by molar-refractivity contribution is -0.00278. The van der Waals surface area contributed by atoms with E-state index in [0.717, 1.165) is 30.1 Å². The molecule has 0 amide bonds. The zero-order valence-corrected chi connectivity index (χ0v) is 13.6. The van der Waals surface area contributed by atoms with Gasteiger partial charge in [-0.05, 0) is 59.3 Å². The molecule has 2 heteroatoms. The maximum absolute atomic E-state index is 5.16. The smallest absolute Gasteiger partial charge is 0.0924 e. The van der Waals surface area contributed by atoms with Gasteiger partial charge in [0.15, 0.2) is 0 Å². The van der Waals surface area contributed by atoms with E-state index in [1.807, 2.05) is 12.3 Å². The van der Waals surface area contributed by atoms with Gasteiger partial charge in [-0.25, -0.2) is 0 Å². The van der Waals surface area contributed by atoms with E-state index in [-0.39, 0.29) is 0 Å². The monoisotopic (exact) mass is 290 g/mol. The Morgan fingerprint density at radius 2 is 1.95 bits per heavy atom. The number of fused-ring (bicyclic) bond motifs is 3. The van der Waals surface area contributed by atoms with Gasteiger partial charge in [0.05, 0.1) is 11.4 Å². The number of hydrogen-bond donors (Lipinski definition) is 0. The number of pyridine rings is 2. The molecule has 0 aliphatic heterocycles. The van der Waals surface area contributed by atoms with E-state index in [9.17, 15) is 0 Å². The Labute approximate surface area is 132 Å². The highest BCUT2D eigenvalue weighted by atomic mass is 14.8. The summed E-state index contributed by atoms with van der Waals surface area (Å²) in [6.45, 7) is 7.27. The molecule has 4 aliphatic carbocycles. The number of aryl methyl sites for hydroxylation is 2. The fraction of sp³-hybridized carbons (Fsp3) is 0.500. The maximum Gasteiger partial charge on any atom is 0.0924 e. The van der Waals surface area contributed by atoms with Gasteiger partial charge in [0.1, 0.15) is 0 Å². The molecule has 2 aromatic rings. The molecule has 4 aliphatic rings. The van der Waals surface area contributed by atoms with Gasteiger partial charge in [-0.3, -0.25) is 9.97 Å². The number of nitrogens with zero attached hydrogens (tertiary/aromatic N) is 2. The summed E-state index contributed by atoms with van der Waals surface area (Å²) in [5.41, 5.74) is 8.40. The van der Waals surface area contributed by atoms with Crippen LogP contribution in [-0.2, 0) is 12.8 Å². The summed E-state index contributed by atoms with van der Waals surface area (Å²) in [6, 6.07) is 6.73. The van der Waals surface area contributed by atoms with Gasteiger partial charge in [-0.1, -0.05) is 32.9 Å². The molecular formula is C20H22N2. The van der Waals surface area contributed by atoms with Crippen LogP contribution in [0.25, 0.3) is 11.4 Å². The summed E-state index contributed by atoms with van der Waals surface area (Å²) < 4.78 is 0. The van der Waals surface area contributed by atoms with Crippen LogP contribution in [0.2, 0.25) is 0 Å². The number of hydrogen-bond acceptors (Lipinski definition) is 2. The predicted molar refractivity (Wildman–Crippen MR) is 87.9 cm³/mol. The Morgan fingerprint density at radius 1 is 1.14 bits per heavy atom. The van der Waals surface area contributed by atoms with Gasteiger partial charge in [-0.15, -0.1) is 0 Å². The molecule has 0 radical (unpaired) electrons. The van der Waals surface area contributed by atoms with Crippen molar-refractivity contribution >= 4 is 0 Å². The highest BCUT2D eigenvalue weighted by Gasteiger charge is 2.56. The lowest BCUT2D eigenvalue weighted by Gasteiger charge is -2.59. The van der Waals surface area contributed by atoms with E-state index in [0.29, 0.717) is 17.3 Å². The van der Waals surface area contributed by atoms with Gasteiger partial charge in [-0.2, -0.15) is 0 Å². The van der Waals surface area contributed by atoms with Crippen molar-refractivity contribution < 1.29 is 0 Å². The average Bonchev–Trinajstić information content (AvgIpc) is 2.52. The third-order valence-electron chi connectivity index (χ3n) is 6.69. The Balaban J connectivity index is 1.73. The first-order valence-corrected chi connectivity index (χ1v) is 8.55. The van der Waals surface area contributed by atoms with Crippen molar-refractivity contribution in [3.8, 4) is 11.4 Å². The van der Waals surface area contributed by atoms with Crippen molar-refractivity contribution in [2.45, 2.75) is 51.9 Å². The summed E-state index contributed by atoms with van der Waals surface area (Å²) >= 11 is 0. The van der Waals surface area contributed by atoms with E-state index in [1.54, 1.807) is 0 Å². The van der Waals surface area contributed by atoms with Crippen LogP contribution in [0.4, 0.5) is 0 Å². The highest BCUT2D eigenvalue weighted by molar-refractivity contribution is 5.67. The lowest BCUT2D eigenvalue weighted by Crippen LogP contribution is -2.50. The Hall–Kier alpha value is -1.70. The van der Waals surface area contributed by atoms with Crippen LogP contribution >= 0.6 is 0 Å². The van der Waals surface area contributed by atoms with E-state index in [1.165, 1.54) is 28.8 Å². The van der Waals surface area contributed by atoms with E-state index in [2.05, 4.69) is 37.9 Å². The largest absolute Gasteiger partial charge is 0.254 e. The van der Waals surface area contributed by atoms with Gasteiger partial charge < -0.3 is 0 Å². The molecule has 2 bridgehead atoms. The van der Waals surface area contributed by atoms with Crippen LogP contribution < -0.4 is 0 Å². The zero-order valence-electron chi connectivity index (χ0n) is 13.6. The molecule has 2 nitrogen and oxygen atoms in total. The maximum atomic E-state index is 5.16. The molecule has 112 valence electrons. The Morgan fingerprint density at radius 3 is 2.77 bits per heavy atom. The Bertz CT molecular complexity index is 790. The highest BCUT2D eigenvalue weighted by Crippen LogP contribution is 2.66. The van der Waals surface area contributed by atoms with Crippen molar-refractivity contribution in [1.82, 2.24) is 9.97 Å². The van der Waals surface area contributed by atoms with Crippen LogP contribution in [0.3, 0.4) is 0 Å². The second-order valence-corrected chi connectivity index (χ2v) is 7.99. The first-order chi connectivity index (χ1) is 10.6. The van der Waals surface area contributed by atoms with E-state index >= 15 is 0 Å². The zero-order chi connectivity index (χ0) is 15.1. The van der Waals surface area contributed by atoms with Crippen molar-refractivity contribution in [2.75, 3.05) is 0 Å². The average molecular weight is 290 g/mol. The summed E-state index contributed by atoms with van der Waals surface area (Å²) in [5, 5.41) is 0. The topological polar surface area (TPSA) is 25.8 Å². The number of rotatable bonds is 0. The van der Waals surface area contributed by atoms with Crippen LogP contribution in [0, 0.1) is 11.3 Å². The molecule has 0 saturated heterocycles. The predicted octanol–water partition coefficient (Wildman–Crippen LogP) is 4.49. The summed E-state index contributed by atoms with van der Waals surface area (Å²) in [6.07, 6.45) is 5.47. The molecule has 1 fully saturated rings. The normalized spacial score (nSPS) is 29.9. The summed E-state index contributed by atoms with van der Waals surface area (Å²) in [7, 11) is 0. The summed E-state index contributed by atoms with van der Waals surface area (Å²) in [5.74, 6) is 2.09. The minimum atomic E-state index is 0.452. The molecule has 6 rings (SSSR count). The first-order valence-electron chi connectivity index (χ1n) is 8.55. The van der Waals surface area contributed by atoms with Gasteiger partial charge in [0, 0.05) is 17.8 Å². The van der Waals surface area contributed by atoms with Gasteiger partial charge in [0.25, 0.3) is 0 Å². The molecule has 0 spiro atoms. The molecule has 22 heavy (non-hydrogen) atoms. The third kappa shape index (κ3) is 1.41. The molecule has 2 heterocycles. The van der Waals surface area contributed by atoms with Crippen molar-refractivity contribution in [2.24, 2.45) is 11.3 Å². The molecule has 0 aromatic carbocycles. The van der Waals surface area contributed by atoms with Crippen LogP contribution in [0.1, 0.15) is 61.4 Å².